The SMILES string of the molecule is CC(=O)NNC(=O)[C@H](CSC/C=C(\C)C(C/C=C(\C)CCC=C(C)C)c1cccc(NNC(=O)[C@H](CSC/C=C(\C)CC/C=C(\C)CCC=C(C)C)NC(C)=O)c1)NC(C)=O. The number of allylic oxidation sites excluding steroid dienone is 10. The highest BCUT2D eigenvalue weighted by molar-refractivity contribution is 7.99. The van der Waals surface area contributed by atoms with E-state index in [0.29, 0.717) is 22.9 Å². The molecule has 61 heavy (non-hydrogen) atoms. The van der Waals surface area contributed by atoms with Crippen molar-refractivity contribution in [1.29, 1.82) is 0 Å². The van der Waals surface area contributed by atoms with Gasteiger partial charge >= 0.3 is 0 Å². The van der Waals surface area contributed by atoms with Crippen LogP contribution in [0.25, 0.3) is 0 Å². The average molecular weight is 879 g/mol. The number of nitrogens with one attached hydrogen (secondary N) is 6. The van der Waals surface area contributed by atoms with Crippen molar-refractivity contribution in [3.05, 3.63) is 99.7 Å². The highest BCUT2D eigenvalue weighted by Gasteiger charge is 2.21. The Bertz CT molecular complexity index is 1770. The lowest BCUT2D eigenvalue weighted by atomic mass is 9.87. The fourth-order valence-corrected chi connectivity index (χ4v) is 7.98. The van der Waals surface area contributed by atoms with Crippen molar-refractivity contribution in [1.82, 2.24) is 26.9 Å². The maximum Gasteiger partial charge on any atom is 0.261 e. The van der Waals surface area contributed by atoms with Gasteiger partial charge < -0.3 is 10.6 Å². The van der Waals surface area contributed by atoms with Gasteiger partial charge in [-0.25, -0.2) is 0 Å². The van der Waals surface area contributed by atoms with Gasteiger partial charge in [0.05, 0.1) is 5.69 Å². The van der Waals surface area contributed by atoms with Gasteiger partial charge in [-0.05, 0) is 118 Å². The van der Waals surface area contributed by atoms with Crippen LogP contribution in [0.2, 0.25) is 0 Å². The van der Waals surface area contributed by atoms with Crippen molar-refractivity contribution >= 4 is 58.7 Å². The van der Waals surface area contributed by atoms with Crippen LogP contribution in [0, 0.1) is 0 Å². The van der Waals surface area contributed by atoms with E-state index < -0.39 is 23.9 Å². The molecule has 11 nitrogen and oxygen atoms in total. The van der Waals surface area contributed by atoms with Crippen molar-refractivity contribution in [2.45, 2.75) is 139 Å². The maximum atomic E-state index is 13.4. The summed E-state index contributed by atoms with van der Waals surface area (Å²) in [7, 11) is 0. The minimum absolute atomic E-state index is 0.0262. The Morgan fingerprint density at radius 1 is 0.557 bits per heavy atom. The Hall–Kier alpha value is -4.49. The van der Waals surface area contributed by atoms with Crippen LogP contribution < -0.4 is 32.3 Å². The number of benzene rings is 1. The molecule has 0 bridgehead atoms. The van der Waals surface area contributed by atoms with Crippen LogP contribution in [0.5, 0.6) is 0 Å². The van der Waals surface area contributed by atoms with E-state index in [2.05, 4.69) is 130 Å². The molecule has 0 aromatic heterocycles. The van der Waals surface area contributed by atoms with E-state index in [9.17, 15) is 24.0 Å². The van der Waals surface area contributed by atoms with Crippen molar-refractivity contribution in [2.24, 2.45) is 0 Å². The second kappa shape index (κ2) is 31.4. The van der Waals surface area contributed by atoms with Gasteiger partial charge in [0.1, 0.15) is 12.1 Å². The van der Waals surface area contributed by atoms with Gasteiger partial charge in [0, 0.05) is 49.7 Å². The number of rotatable bonds is 27. The predicted molar refractivity (Wildman–Crippen MR) is 259 cm³/mol. The van der Waals surface area contributed by atoms with E-state index in [-0.39, 0.29) is 23.6 Å². The molecule has 0 aliphatic heterocycles. The third-order valence-corrected chi connectivity index (χ3v) is 11.4. The summed E-state index contributed by atoms with van der Waals surface area (Å²) in [6.45, 7) is 21.1. The van der Waals surface area contributed by atoms with Gasteiger partial charge in [-0.15, -0.1) is 0 Å². The molecule has 1 unspecified atom stereocenters. The lowest BCUT2D eigenvalue weighted by Gasteiger charge is -2.21. The van der Waals surface area contributed by atoms with E-state index in [0.717, 1.165) is 61.8 Å². The Balaban J connectivity index is 3.05. The van der Waals surface area contributed by atoms with Crippen molar-refractivity contribution in [2.75, 3.05) is 28.4 Å². The molecular formula is C48H74N6O5S2. The van der Waals surface area contributed by atoms with Crippen molar-refractivity contribution in [3.8, 4) is 0 Å². The quantitative estimate of drug-likeness (QED) is 0.0290. The molecule has 6 N–H and O–H groups in total. The summed E-state index contributed by atoms with van der Waals surface area (Å²) in [5.41, 5.74) is 20.1. The second-order valence-corrected chi connectivity index (χ2v) is 18.2. The molecule has 1 aromatic carbocycles. The number of anilines is 1. The minimum Gasteiger partial charge on any atom is -0.344 e. The molecule has 0 heterocycles. The molecule has 1 aromatic rings. The van der Waals surface area contributed by atoms with E-state index in [1.807, 2.05) is 18.2 Å². The minimum atomic E-state index is -0.817. The molecule has 0 fully saturated rings. The predicted octanol–water partition coefficient (Wildman–Crippen LogP) is 9.30. The van der Waals surface area contributed by atoms with Crippen LogP contribution in [0.1, 0.15) is 133 Å². The van der Waals surface area contributed by atoms with E-state index in [1.165, 1.54) is 60.4 Å². The van der Waals surface area contributed by atoms with Crippen molar-refractivity contribution < 1.29 is 24.0 Å². The smallest absolute Gasteiger partial charge is 0.261 e. The highest BCUT2D eigenvalue weighted by Crippen LogP contribution is 2.31. The summed E-state index contributed by atoms with van der Waals surface area (Å²) in [6, 6.07) is 6.41. The van der Waals surface area contributed by atoms with Crippen LogP contribution in [0.4, 0.5) is 5.69 Å². The average Bonchev–Trinajstić information content (AvgIpc) is 3.18. The van der Waals surface area contributed by atoms with Crippen LogP contribution in [0.15, 0.2) is 94.2 Å². The van der Waals surface area contributed by atoms with Gasteiger partial charge in [0.15, 0.2) is 0 Å². The summed E-state index contributed by atoms with van der Waals surface area (Å²) in [5.74, 6) is 0.246. The number of hydrogen-bond donors (Lipinski definition) is 6. The molecule has 0 aliphatic carbocycles. The Labute approximate surface area is 375 Å². The molecule has 0 aliphatic rings. The third-order valence-electron chi connectivity index (χ3n) is 9.48. The number of hydrazine groups is 2. The molecule has 0 saturated heterocycles. The zero-order chi connectivity index (χ0) is 45.7. The van der Waals surface area contributed by atoms with E-state index in [1.54, 1.807) is 11.8 Å². The lowest BCUT2D eigenvalue weighted by molar-refractivity contribution is -0.130. The van der Waals surface area contributed by atoms with Gasteiger partial charge in [-0.3, -0.25) is 45.7 Å². The number of thioether (sulfide) groups is 2. The Morgan fingerprint density at radius 2 is 1.05 bits per heavy atom. The summed E-state index contributed by atoms with van der Waals surface area (Å²) in [6.07, 6.45) is 20.3. The second-order valence-electron chi connectivity index (χ2n) is 16.1. The molecule has 1 rings (SSSR count). The molecule has 5 amide bonds. The zero-order valence-electron chi connectivity index (χ0n) is 38.6. The molecule has 0 spiro atoms. The van der Waals surface area contributed by atoms with E-state index in [4.69, 9.17) is 0 Å². The number of hydrogen-bond acceptors (Lipinski definition) is 8. The fraction of sp³-hybridized carbons (Fsp3) is 0.521. The zero-order valence-corrected chi connectivity index (χ0v) is 40.3. The Kier molecular flexibility index (Phi) is 28.0. The van der Waals surface area contributed by atoms with Crippen molar-refractivity contribution in [3.63, 3.8) is 0 Å². The number of carbonyl (C=O) groups is 5. The first kappa shape index (κ1) is 54.5. The first-order valence-corrected chi connectivity index (χ1v) is 23.5. The maximum absolute atomic E-state index is 13.4. The number of carbonyl (C=O) groups excluding carboxylic acids is 5. The molecule has 0 saturated carbocycles. The lowest BCUT2D eigenvalue weighted by Crippen LogP contribution is -2.52. The van der Waals surface area contributed by atoms with E-state index >= 15 is 0 Å². The van der Waals surface area contributed by atoms with Crippen LogP contribution in [-0.2, 0) is 24.0 Å². The molecule has 0 radical (unpaired) electrons. The van der Waals surface area contributed by atoms with Crippen LogP contribution >= 0.6 is 23.5 Å². The van der Waals surface area contributed by atoms with Gasteiger partial charge in [0.25, 0.3) is 11.8 Å². The molecule has 3 atom stereocenters. The highest BCUT2D eigenvalue weighted by atomic mass is 32.2. The first-order valence-electron chi connectivity index (χ1n) is 21.2. The molecule has 338 valence electrons. The monoisotopic (exact) mass is 879 g/mol. The van der Waals surface area contributed by atoms with Gasteiger partial charge in [0.2, 0.25) is 17.7 Å². The summed E-state index contributed by atoms with van der Waals surface area (Å²) in [4.78, 5) is 61.1. The topological polar surface area (TPSA) is 158 Å². The standard InChI is InChI=1S/C48H74N6O5S2/c1-33(2)16-12-18-35(5)20-14-21-37(7)26-28-60-31-46(50-40(10)56)48(59)54-52-43-23-15-22-42(30-43)44(25-24-36(6)19-13-17-34(3)4)38(8)27-29-61-32-45(49-39(9)55)47(58)53-51-41(11)57/h15-17,20,22-24,26-27,30,44-46,52H,12-14,18-19,21,25,28-29,31-32H2,1-11H3,(H,49,55)(H,50,56)(H,51,57)(H,53,58)(H,54,59)/b35-20+,36-24+,37-26+,38-27+/t44?,45-,46-/m0/s1. The molecule has 13 heteroatoms. The first-order chi connectivity index (χ1) is 28.9. The number of amides is 5. The van der Waals surface area contributed by atoms with Gasteiger partial charge in [-0.2, -0.15) is 23.5 Å². The summed E-state index contributed by atoms with van der Waals surface area (Å²) < 4.78 is 0. The largest absolute Gasteiger partial charge is 0.344 e. The van der Waals surface area contributed by atoms with Crippen LogP contribution in [0.3, 0.4) is 0 Å². The summed E-state index contributed by atoms with van der Waals surface area (Å²) in [5, 5.41) is 5.45. The van der Waals surface area contributed by atoms with Gasteiger partial charge in [-0.1, -0.05) is 82.0 Å². The normalized spacial score (nSPS) is 13.6. The van der Waals surface area contributed by atoms with Crippen LogP contribution in [-0.4, -0.2) is 64.6 Å². The third kappa shape index (κ3) is 27.2. The summed E-state index contributed by atoms with van der Waals surface area (Å²) >= 11 is 3.10. The molecular weight excluding hydrogens is 805 g/mol. The fourth-order valence-electron chi connectivity index (χ4n) is 5.99. The Morgan fingerprint density at radius 3 is 1.57 bits per heavy atom.